The van der Waals surface area contributed by atoms with E-state index in [-0.39, 0.29) is 0 Å². The predicted molar refractivity (Wildman–Crippen MR) is 84.7 cm³/mol. The van der Waals surface area contributed by atoms with Gasteiger partial charge in [-0.1, -0.05) is 13.8 Å². The van der Waals surface area contributed by atoms with Gasteiger partial charge in [0.2, 0.25) is 0 Å². The maximum absolute atomic E-state index is 4.57. The van der Waals surface area contributed by atoms with Gasteiger partial charge in [-0.25, -0.2) is 15.0 Å². The number of aromatic nitrogens is 3. The van der Waals surface area contributed by atoms with Crippen molar-refractivity contribution >= 4 is 23.0 Å². The molecular weight excluding hydrogens is 270 g/mol. The Morgan fingerprint density at radius 2 is 2.05 bits per heavy atom. The SMILES string of the molecule is CCc1nc(NC)c(C)c(NCC(C)c2nccs2)n1. The number of anilines is 2. The maximum atomic E-state index is 4.57. The molecule has 0 saturated carbocycles. The minimum absolute atomic E-state index is 0.368. The first-order valence-electron chi connectivity index (χ1n) is 6.84. The highest BCUT2D eigenvalue weighted by atomic mass is 32.1. The fourth-order valence-electron chi connectivity index (χ4n) is 1.95. The first kappa shape index (κ1) is 14.7. The Balaban J connectivity index is 2.12. The van der Waals surface area contributed by atoms with Crippen molar-refractivity contribution in [3.8, 4) is 0 Å². The molecule has 0 radical (unpaired) electrons. The van der Waals surface area contributed by atoms with Gasteiger partial charge in [-0.15, -0.1) is 11.3 Å². The second-order valence-corrected chi connectivity index (χ2v) is 5.64. The van der Waals surface area contributed by atoms with E-state index in [4.69, 9.17) is 0 Å². The van der Waals surface area contributed by atoms with Crippen LogP contribution in [0.3, 0.4) is 0 Å². The first-order valence-corrected chi connectivity index (χ1v) is 7.72. The molecule has 0 fully saturated rings. The average molecular weight is 291 g/mol. The zero-order valence-corrected chi connectivity index (χ0v) is 13.2. The van der Waals surface area contributed by atoms with Gasteiger partial charge in [-0.2, -0.15) is 0 Å². The van der Waals surface area contributed by atoms with Crippen molar-refractivity contribution in [2.24, 2.45) is 0 Å². The number of nitrogens with zero attached hydrogens (tertiary/aromatic N) is 3. The van der Waals surface area contributed by atoms with Gasteiger partial charge in [0.25, 0.3) is 0 Å². The van der Waals surface area contributed by atoms with Crippen molar-refractivity contribution in [1.29, 1.82) is 0 Å². The topological polar surface area (TPSA) is 62.7 Å². The van der Waals surface area contributed by atoms with Gasteiger partial charge >= 0.3 is 0 Å². The zero-order valence-electron chi connectivity index (χ0n) is 12.4. The third kappa shape index (κ3) is 3.25. The van der Waals surface area contributed by atoms with Crippen LogP contribution >= 0.6 is 11.3 Å². The van der Waals surface area contributed by atoms with E-state index < -0.39 is 0 Å². The standard InChI is InChI=1S/C14H21N5S/c1-5-11-18-12(15-4)10(3)13(19-11)17-8-9(2)14-16-6-7-20-14/h6-7,9H,5,8H2,1-4H3,(H2,15,17,18,19). The highest BCUT2D eigenvalue weighted by molar-refractivity contribution is 7.09. The molecule has 5 nitrogen and oxygen atoms in total. The van der Waals surface area contributed by atoms with E-state index in [2.05, 4.69) is 39.4 Å². The molecule has 0 aliphatic carbocycles. The smallest absolute Gasteiger partial charge is 0.134 e. The van der Waals surface area contributed by atoms with Crippen LogP contribution in [0.4, 0.5) is 11.6 Å². The Kier molecular flexibility index (Phi) is 4.89. The Bertz CT molecular complexity index is 553. The number of rotatable bonds is 6. The monoisotopic (exact) mass is 291 g/mol. The second kappa shape index (κ2) is 6.65. The van der Waals surface area contributed by atoms with Crippen LogP contribution in [-0.2, 0) is 6.42 Å². The maximum Gasteiger partial charge on any atom is 0.134 e. The molecule has 2 rings (SSSR count). The van der Waals surface area contributed by atoms with Crippen LogP contribution in [0.5, 0.6) is 0 Å². The first-order chi connectivity index (χ1) is 9.65. The lowest BCUT2D eigenvalue weighted by Crippen LogP contribution is -2.14. The molecule has 0 saturated heterocycles. The van der Waals surface area contributed by atoms with E-state index in [1.807, 2.05) is 25.5 Å². The predicted octanol–water partition coefficient (Wildman–Crippen LogP) is 3.06. The lowest BCUT2D eigenvalue weighted by atomic mass is 10.2. The molecule has 1 unspecified atom stereocenters. The van der Waals surface area contributed by atoms with E-state index in [1.54, 1.807) is 11.3 Å². The molecule has 0 bridgehead atoms. The lowest BCUT2D eigenvalue weighted by molar-refractivity contribution is 0.787. The number of thiazole rings is 1. The highest BCUT2D eigenvalue weighted by Gasteiger charge is 2.12. The Morgan fingerprint density at radius 1 is 1.30 bits per heavy atom. The van der Waals surface area contributed by atoms with Gasteiger partial charge < -0.3 is 10.6 Å². The zero-order chi connectivity index (χ0) is 14.5. The van der Waals surface area contributed by atoms with Gasteiger partial charge in [0.15, 0.2) is 0 Å². The fraction of sp³-hybridized carbons (Fsp3) is 0.500. The summed E-state index contributed by atoms with van der Waals surface area (Å²) >= 11 is 1.69. The van der Waals surface area contributed by atoms with Gasteiger partial charge in [-0.05, 0) is 6.92 Å². The summed E-state index contributed by atoms with van der Waals surface area (Å²) in [6, 6.07) is 0. The van der Waals surface area contributed by atoms with Crippen LogP contribution in [0.15, 0.2) is 11.6 Å². The molecule has 6 heteroatoms. The molecule has 0 aromatic carbocycles. The number of aryl methyl sites for hydroxylation is 1. The average Bonchev–Trinajstić information content (AvgIpc) is 3.00. The molecule has 2 heterocycles. The molecule has 2 aromatic heterocycles. The molecule has 1 atom stereocenters. The van der Waals surface area contributed by atoms with E-state index in [0.717, 1.165) is 41.0 Å². The van der Waals surface area contributed by atoms with Crippen molar-refractivity contribution in [1.82, 2.24) is 15.0 Å². The highest BCUT2D eigenvalue weighted by Crippen LogP contribution is 2.22. The van der Waals surface area contributed by atoms with E-state index >= 15 is 0 Å². The quantitative estimate of drug-likeness (QED) is 0.856. The fourth-order valence-corrected chi connectivity index (χ4v) is 2.65. The number of hydrogen-bond donors (Lipinski definition) is 2. The Hall–Kier alpha value is -1.69. The Labute approximate surface area is 123 Å². The molecule has 0 aliphatic rings. The summed E-state index contributed by atoms with van der Waals surface area (Å²) in [7, 11) is 1.89. The molecule has 2 aromatic rings. The van der Waals surface area contributed by atoms with Gasteiger partial charge in [0.05, 0.1) is 5.01 Å². The van der Waals surface area contributed by atoms with Crippen LogP contribution in [-0.4, -0.2) is 28.5 Å². The van der Waals surface area contributed by atoms with Crippen LogP contribution in [0.1, 0.15) is 36.2 Å². The van der Waals surface area contributed by atoms with Crippen LogP contribution in [0.25, 0.3) is 0 Å². The summed E-state index contributed by atoms with van der Waals surface area (Å²) in [5.74, 6) is 3.02. The normalized spacial score (nSPS) is 12.2. The van der Waals surface area contributed by atoms with E-state index in [0.29, 0.717) is 5.92 Å². The molecule has 0 amide bonds. The van der Waals surface area contributed by atoms with E-state index in [1.165, 1.54) is 0 Å². The summed E-state index contributed by atoms with van der Waals surface area (Å²) in [6.45, 7) is 7.08. The molecule has 20 heavy (non-hydrogen) atoms. The van der Waals surface area contributed by atoms with Gasteiger partial charge in [-0.3, -0.25) is 0 Å². The van der Waals surface area contributed by atoms with Gasteiger partial charge in [0, 0.05) is 43.1 Å². The number of nitrogens with one attached hydrogen (secondary N) is 2. The molecule has 0 aliphatic heterocycles. The second-order valence-electron chi connectivity index (χ2n) is 4.72. The van der Waals surface area contributed by atoms with Crippen molar-refractivity contribution in [2.75, 3.05) is 24.2 Å². The van der Waals surface area contributed by atoms with Crippen molar-refractivity contribution in [2.45, 2.75) is 33.1 Å². The Morgan fingerprint density at radius 3 is 2.65 bits per heavy atom. The minimum atomic E-state index is 0.368. The molecule has 0 spiro atoms. The summed E-state index contributed by atoms with van der Waals surface area (Å²) < 4.78 is 0. The summed E-state index contributed by atoms with van der Waals surface area (Å²) in [5.41, 5.74) is 1.05. The van der Waals surface area contributed by atoms with Crippen molar-refractivity contribution in [3.05, 3.63) is 28.0 Å². The van der Waals surface area contributed by atoms with Crippen LogP contribution in [0, 0.1) is 6.92 Å². The summed E-state index contributed by atoms with van der Waals surface area (Å²) in [5, 5.41) is 9.71. The third-order valence-corrected chi connectivity index (χ3v) is 4.20. The van der Waals surface area contributed by atoms with Crippen molar-refractivity contribution < 1.29 is 0 Å². The summed E-state index contributed by atoms with van der Waals surface area (Å²) in [4.78, 5) is 13.4. The van der Waals surface area contributed by atoms with E-state index in [9.17, 15) is 0 Å². The molecule has 108 valence electrons. The minimum Gasteiger partial charge on any atom is -0.373 e. The van der Waals surface area contributed by atoms with Gasteiger partial charge in [0.1, 0.15) is 17.5 Å². The largest absolute Gasteiger partial charge is 0.373 e. The van der Waals surface area contributed by atoms with Crippen LogP contribution < -0.4 is 10.6 Å². The van der Waals surface area contributed by atoms with Crippen molar-refractivity contribution in [3.63, 3.8) is 0 Å². The third-order valence-electron chi connectivity index (χ3n) is 3.19. The summed E-state index contributed by atoms with van der Waals surface area (Å²) in [6.07, 6.45) is 2.67. The lowest BCUT2D eigenvalue weighted by Gasteiger charge is -2.15. The number of hydrogen-bond acceptors (Lipinski definition) is 6. The van der Waals surface area contributed by atoms with Crippen LogP contribution in [0.2, 0.25) is 0 Å². The molecular formula is C14H21N5S. The molecule has 2 N–H and O–H groups in total.